The number of aliphatic hydroxyl groups is 1. The zero-order valence-corrected chi connectivity index (χ0v) is 23.8. The van der Waals surface area contributed by atoms with Crippen molar-refractivity contribution in [2.45, 2.75) is 108 Å². The molecule has 5 aliphatic rings. The molecule has 2 heterocycles. The summed E-state index contributed by atoms with van der Waals surface area (Å²) in [7, 11) is 1.88. The predicted octanol–water partition coefficient (Wildman–Crippen LogP) is 4.59. The molecule has 0 radical (unpaired) electrons. The Morgan fingerprint density at radius 1 is 1.10 bits per heavy atom. The molecule has 10 atom stereocenters. The number of alkyl halides is 1. The minimum absolute atomic E-state index is 0.150. The summed E-state index contributed by atoms with van der Waals surface area (Å²) >= 11 is 0. The van der Waals surface area contributed by atoms with Gasteiger partial charge in [-0.3, -0.25) is 0 Å². The van der Waals surface area contributed by atoms with Crippen molar-refractivity contribution in [3.8, 4) is 0 Å². The lowest BCUT2D eigenvalue weighted by Gasteiger charge is -2.64. The molecule has 0 aromatic carbocycles. The molecule has 1 aromatic heterocycles. The third-order valence-electron chi connectivity index (χ3n) is 12.5. The van der Waals surface area contributed by atoms with Crippen molar-refractivity contribution in [2.24, 2.45) is 28.6 Å². The van der Waals surface area contributed by atoms with Gasteiger partial charge in [-0.05, 0) is 111 Å². The Bertz CT molecular complexity index is 1120. The molecule has 1 aliphatic heterocycles. The molecule has 216 valence electrons. The number of halogens is 1. The van der Waals surface area contributed by atoms with Crippen LogP contribution in [-0.4, -0.2) is 60.0 Å². The van der Waals surface area contributed by atoms with E-state index in [1.807, 2.05) is 18.0 Å². The molecule has 0 bridgehead atoms. The van der Waals surface area contributed by atoms with E-state index in [1.54, 1.807) is 6.26 Å². The lowest BCUT2D eigenvalue weighted by Crippen LogP contribution is -2.62. The zero-order chi connectivity index (χ0) is 27.6. The van der Waals surface area contributed by atoms with E-state index in [0.717, 1.165) is 69.9 Å². The lowest BCUT2D eigenvalue weighted by molar-refractivity contribution is -0.203. The first-order chi connectivity index (χ1) is 18.6. The molecule has 1 aromatic rings. The Morgan fingerprint density at radius 3 is 2.67 bits per heavy atom. The van der Waals surface area contributed by atoms with Crippen LogP contribution in [0.1, 0.15) is 89.5 Å². The van der Waals surface area contributed by atoms with E-state index in [2.05, 4.69) is 24.5 Å². The molecule has 0 spiro atoms. The van der Waals surface area contributed by atoms with E-state index in [9.17, 15) is 19.1 Å². The number of rotatable bonds is 3. The van der Waals surface area contributed by atoms with Crippen molar-refractivity contribution in [3.05, 3.63) is 34.4 Å². The van der Waals surface area contributed by atoms with Gasteiger partial charge in [0.05, 0.1) is 17.9 Å². The van der Waals surface area contributed by atoms with Crippen LogP contribution in [0.5, 0.6) is 0 Å². The van der Waals surface area contributed by atoms with Crippen LogP contribution >= 0.6 is 0 Å². The van der Waals surface area contributed by atoms with Gasteiger partial charge < -0.3 is 25.1 Å². The highest BCUT2D eigenvalue weighted by molar-refractivity contribution is 5.74. The van der Waals surface area contributed by atoms with E-state index < -0.39 is 17.8 Å². The number of urea groups is 1. The van der Waals surface area contributed by atoms with Crippen LogP contribution in [0.3, 0.4) is 0 Å². The number of fused-ring (bicyclic) bond motifs is 5. The van der Waals surface area contributed by atoms with E-state index >= 15 is 0 Å². The number of carbonyl (C=O) groups excluding carboxylic acids is 1. The summed E-state index contributed by atoms with van der Waals surface area (Å²) in [5.41, 5.74) is -0.0728. The van der Waals surface area contributed by atoms with Crippen molar-refractivity contribution in [1.29, 1.82) is 0 Å². The number of amides is 2. The zero-order valence-electron chi connectivity index (χ0n) is 23.8. The second-order valence-corrected chi connectivity index (χ2v) is 14.0. The first-order valence-electron chi connectivity index (χ1n) is 15.3. The highest BCUT2D eigenvalue weighted by Crippen LogP contribution is 2.70. The highest BCUT2D eigenvalue weighted by atomic mass is 19.1. The molecular formula is C31H46FN3O4. The van der Waals surface area contributed by atoms with Crippen LogP contribution in [0.25, 0.3) is 0 Å². The maximum Gasteiger partial charge on any atom is 0.335 e. The number of piperidine rings is 1. The summed E-state index contributed by atoms with van der Waals surface area (Å²) < 4.78 is 19.5. The van der Waals surface area contributed by atoms with E-state index in [0.29, 0.717) is 24.8 Å². The Labute approximate surface area is 231 Å². The smallest absolute Gasteiger partial charge is 0.335 e. The van der Waals surface area contributed by atoms with Crippen molar-refractivity contribution in [2.75, 3.05) is 20.1 Å². The second kappa shape index (κ2) is 9.86. The quantitative estimate of drug-likeness (QED) is 0.518. The van der Waals surface area contributed by atoms with Gasteiger partial charge in [-0.15, -0.1) is 0 Å². The van der Waals surface area contributed by atoms with Gasteiger partial charge in [0.25, 0.3) is 0 Å². The first kappa shape index (κ1) is 27.3. The molecule has 1 unspecified atom stereocenters. The van der Waals surface area contributed by atoms with Crippen molar-refractivity contribution in [1.82, 2.24) is 15.5 Å². The topological polar surface area (TPSA) is 94.8 Å². The normalized spacial score (nSPS) is 45.5. The highest BCUT2D eigenvalue weighted by Gasteiger charge is 2.67. The molecule has 39 heavy (non-hydrogen) atoms. The summed E-state index contributed by atoms with van der Waals surface area (Å²) in [6.45, 7) is 5.76. The molecule has 6 rings (SSSR count). The largest absolute Gasteiger partial charge is 0.431 e. The fourth-order valence-corrected chi connectivity index (χ4v) is 10.1. The molecular weight excluding hydrogens is 497 g/mol. The molecule has 1 saturated heterocycles. The number of hydrogen-bond acceptors (Lipinski definition) is 5. The van der Waals surface area contributed by atoms with Gasteiger partial charge in [0.15, 0.2) is 0 Å². The fraction of sp³-hybridized carbons (Fsp3) is 0.806. The van der Waals surface area contributed by atoms with Crippen molar-refractivity contribution < 1.29 is 18.7 Å². The molecule has 5 fully saturated rings. The van der Waals surface area contributed by atoms with Crippen LogP contribution in [-0.2, 0) is 0 Å². The van der Waals surface area contributed by atoms with Crippen LogP contribution in [0.15, 0.2) is 27.6 Å². The SMILES string of the molecule is CN(C(=O)NC1CCNC[C@@H]1F)[C@H]1CC[C@@]2(C)[C@H](CC[C@@H]3[C@@H]2CC[C@]2(C)[C@@H](c4ccc(=O)oc4)CC[C@]32O)C1. The summed E-state index contributed by atoms with van der Waals surface area (Å²) in [6, 6.07) is 3.00. The number of carbonyl (C=O) groups is 1. The molecule has 8 heteroatoms. The Morgan fingerprint density at radius 2 is 1.92 bits per heavy atom. The minimum Gasteiger partial charge on any atom is -0.431 e. The molecule has 4 aliphatic carbocycles. The molecule has 3 N–H and O–H groups in total. The van der Waals surface area contributed by atoms with Crippen LogP contribution < -0.4 is 16.3 Å². The van der Waals surface area contributed by atoms with Gasteiger partial charge in [0.1, 0.15) is 6.17 Å². The maximum atomic E-state index is 14.3. The van der Waals surface area contributed by atoms with Gasteiger partial charge in [0.2, 0.25) is 0 Å². The van der Waals surface area contributed by atoms with Gasteiger partial charge >= 0.3 is 11.7 Å². The van der Waals surface area contributed by atoms with Crippen molar-refractivity contribution in [3.63, 3.8) is 0 Å². The average molecular weight is 544 g/mol. The molecule has 2 amide bonds. The molecule has 4 saturated carbocycles. The minimum atomic E-state index is -1.04. The van der Waals surface area contributed by atoms with E-state index in [4.69, 9.17) is 4.42 Å². The van der Waals surface area contributed by atoms with Gasteiger partial charge in [-0.25, -0.2) is 14.0 Å². The van der Waals surface area contributed by atoms with Gasteiger partial charge in [-0.2, -0.15) is 0 Å². The lowest BCUT2D eigenvalue weighted by atomic mass is 9.43. The van der Waals surface area contributed by atoms with E-state index in [-0.39, 0.29) is 40.4 Å². The Balaban J connectivity index is 1.15. The van der Waals surface area contributed by atoms with Crippen LogP contribution in [0.4, 0.5) is 9.18 Å². The summed E-state index contributed by atoms with van der Waals surface area (Å²) in [5, 5.41) is 18.5. The third kappa shape index (κ3) is 4.27. The van der Waals surface area contributed by atoms with Crippen molar-refractivity contribution >= 4 is 6.03 Å². The summed E-state index contributed by atoms with van der Waals surface area (Å²) in [5.74, 6) is 1.47. The first-order valence-corrected chi connectivity index (χ1v) is 15.3. The van der Waals surface area contributed by atoms with Crippen LogP contribution in [0, 0.1) is 28.6 Å². The number of nitrogens with zero attached hydrogens (tertiary/aromatic N) is 1. The predicted molar refractivity (Wildman–Crippen MR) is 147 cm³/mol. The number of nitrogens with one attached hydrogen (secondary N) is 2. The Kier molecular flexibility index (Phi) is 6.89. The standard InChI is InChI=1S/C31H46FN3O4/c1-29-12-8-21(35(3)28(37)34-26-11-15-33-17-25(26)32)16-20(29)5-6-24-23(29)9-13-30(2)22(10-14-31(24,30)38)19-4-7-27(36)39-18-19/h4,7,18,20-26,33,38H,5-6,8-17H2,1-3H3,(H,34,37)/t20-,21+,22-,23+,24-,25+,26?,29+,30-,31+/m1/s1. The van der Waals surface area contributed by atoms with E-state index in [1.165, 1.54) is 6.07 Å². The van der Waals surface area contributed by atoms with Gasteiger partial charge in [0, 0.05) is 31.1 Å². The average Bonchev–Trinajstić information content (AvgIpc) is 3.20. The third-order valence-corrected chi connectivity index (χ3v) is 12.5. The second-order valence-electron chi connectivity index (χ2n) is 14.0. The number of hydrogen-bond donors (Lipinski definition) is 3. The van der Waals surface area contributed by atoms with Crippen LogP contribution in [0.2, 0.25) is 0 Å². The Hall–Kier alpha value is -1.93. The van der Waals surface area contributed by atoms with Gasteiger partial charge in [-0.1, -0.05) is 13.8 Å². The fourth-order valence-electron chi connectivity index (χ4n) is 10.1. The summed E-state index contributed by atoms with van der Waals surface area (Å²) in [4.78, 5) is 26.5. The maximum absolute atomic E-state index is 14.3. The molecule has 7 nitrogen and oxygen atoms in total. The summed E-state index contributed by atoms with van der Waals surface area (Å²) in [6.07, 6.45) is 10.1. The monoisotopic (exact) mass is 543 g/mol.